The molecule has 0 aliphatic carbocycles. The largest absolute Gasteiger partial charge is 0.389 e. The van der Waals surface area contributed by atoms with Crippen LogP contribution in [-0.2, 0) is 4.74 Å². The van der Waals surface area contributed by atoms with Crippen LogP contribution < -0.4 is 10.6 Å². The van der Waals surface area contributed by atoms with Crippen LogP contribution in [0.2, 0.25) is 0 Å². The van der Waals surface area contributed by atoms with Crippen LogP contribution in [0.5, 0.6) is 0 Å². The molecule has 1 fully saturated rings. The molecular formula is C16H19N3OS. The lowest BCUT2D eigenvalue weighted by molar-refractivity contribution is 0.0854. The van der Waals surface area contributed by atoms with Crippen molar-refractivity contribution >= 4 is 33.9 Å². The van der Waals surface area contributed by atoms with E-state index in [1.165, 1.54) is 0 Å². The number of aromatic nitrogens is 1. The predicted octanol–water partition coefficient (Wildman–Crippen LogP) is 2.48. The highest BCUT2D eigenvalue weighted by Crippen LogP contribution is 2.25. The molecule has 2 heterocycles. The van der Waals surface area contributed by atoms with Gasteiger partial charge in [0.15, 0.2) is 0 Å². The minimum Gasteiger partial charge on any atom is -0.389 e. The van der Waals surface area contributed by atoms with Gasteiger partial charge in [0.1, 0.15) is 10.8 Å². The van der Waals surface area contributed by atoms with Gasteiger partial charge >= 0.3 is 0 Å². The Balaban J connectivity index is 2.04. The third-order valence-electron chi connectivity index (χ3n) is 4.07. The number of nitrogens with zero attached hydrogens (tertiary/aromatic N) is 2. The average Bonchev–Trinajstić information content (AvgIpc) is 2.53. The van der Waals surface area contributed by atoms with Gasteiger partial charge in [-0.25, -0.2) is 4.98 Å². The molecule has 1 aliphatic heterocycles. The lowest BCUT2D eigenvalue weighted by Crippen LogP contribution is -2.37. The number of rotatable bonds is 3. The number of fused-ring (bicyclic) bond motifs is 1. The molecule has 1 aliphatic rings. The van der Waals surface area contributed by atoms with Gasteiger partial charge in [-0.3, -0.25) is 0 Å². The molecule has 0 unspecified atom stereocenters. The van der Waals surface area contributed by atoms with Crippen LogP contribution in [0.3, 0.4) is 0 Å². The normalized spacial score (nSPS) is 16.0. The summed E-state index contributed by atoms with van der Waals surface area (Å²) in [6, 6.07) is 10.4. The van der Waals surface area contributed by atoms with Gasteiger partial charge in [0, 0.05) is 37.3 Å². The van der Waals surface area contributed by atoms with Gasteiger partial charge in [0.2, 0.25) is 0 Å². The number of para-hydroxylation sites is 1. The van der Waals surface area contributed by atoms with Gasteiger partial charge in [-0.2, -0.15) is 0 Å². The van der Waals surface area contributed by atoms with Crippen molar-refractivity contribution in [3.63, 3.8) is 0 Å². The van der Waals surface area contributed by atoms with Crippen LogP contribution >= 0.6 is 12.2 Å². The SMILES string of the molecule is CN(c1cc(C(N)=S)c2ccccc2n1)C1CCOCC1. The van der Waals surface area contributed by atoms with E-state index in [-0.39, 0.29) is 0 Å². The molecule has 1 aromatic heterocycles. The van der Waals surface area contributed by atoms with E-state index in [2.05, 4.69) is 11.9 Å². The Labute approximate surface area is 129 Å². The molecule has 21 heavy (non-hydrogen) atoms. The molecule has 0 spiro atoms. The van der Waals surface area contributed by atoms with Crippen molar-refractivity contribution in [3.8, 4) is 0 Å². The van der Waals surface area contributed by atoms with Gasteiger partial charge in [-0.1, -0.05) is 30.4 Å². The highest BCUT2D eigenvalue weighted by Gasteiger charge is 2.20. The maximum absolute atomic E-state index is 5.89. The van der Waals surface area contributed by atoms with Gasteiger partial charge < -0.3 is 15.4 Å². The molecule has 0 radical (unpaired) electrons. The Morgan fingerprint density at radius 2 is 2.05 bits per heavy atom. The van der Waals surface area contributed by atoms with E-state index in [0.29, 0.717) is 11.0 Å². The zero-order chi connectivity index (χ0) is 14.8. The predicted molar refractivity (Wildman–Crippen MR) is 89.9 cm³/mol. The van der Waals surface area contributed by atoms with Crippen LogP contribution in [-0.4, -0.2) is 36.3 Å². The van der Waals surface area contributed by atoms with Crippen molar-refractivity contribution in [2.45, 2.75) is 18.9 Å². The monoisotopic (exact) mass is 301 g/mol. The van der Waals surface area contributed by atoms with Crippen LogP contribution in [0.25, 0.3) is 10.9 Å². The minimum absolute atomic E-state index is 0.412. The zero-order valence-corrected chi connectivity index (χ0v) is 12.9. The first-order valence-corrected chi connectivity index (χ1v) is 7.58. The number of hydrogen-bond acceptors (Lipinski definition) is 4. The molecule has 0 saturated carbocycles. The van der Waals surface area contributed by atoms with Gasteiger partial charge in [-0.15, -0.1) is 0 Å². The zero-order valence-electron chi connectivity index (χ0n) is 12.1. The topological polar surface area (TPSA) is 51.4 Å². The molecule has 4 nitrogen and oxygen atoms in total. The molecule has 0 bridgehead atoms. The van der Waals surface area contributed by atoms with Crippen molar-refractivity contribution < 1.29 is 4.74 Å². The third-order valence-corrected chi connectivity index (χ3v) is 4.29. The maximum atomic E-state index is 5.89. The highest BCUT2D eigenvalue weighted by molar-refractivity contribution is 7.80. The molecule has 3 rings (SSSR count). The summed E-state index contributed by atoms with van der Waals surface area (Å²) in [4.78, 5) is 7.39. The van der Waals surface area contributed by atoms with E-state index >= 15 is 0 Å². The lowest BCUT2D eigenvalue weighted by Gasteiger charge is -2.32. The summed E-state index contributed by atoms with van der Waals surface area (Å²) < 4.78 is 5.43. The fourth-order valence-electron chi connectivity index (χ4n) is 2.81. The third kappa shape index (κ3) is 2.84. The first-order chi connectivity index (χ1) is 10.2. The van der Waals surface area contributed by atoms with Crippen molar-refractivity contribution in [2.24, 2.45) is 5.73 Å². The van der Waals surface area contributed by atoms with Gasteiger partial charge in [0.25, 0.3) is 0 Å². The summed E-state index contributed by atoms with van der Waals surface area (Å²) in [5.41, 5.74) is 7.71. The molecule has 2 aromatic rings. The number of hydrogen-bond donors (Lipinski definition) is 1. The summed E-state index contributed by atoms with van der Waals surface area (Å²) >= 11 is 5.20. The van der Waals surface area contributed by atoms with Crippen molar-refractivity contribution in [2.75, 3.05) is 25.2 Å². The molecule has 1 aromatic carbocycles. The number of anilines is 1. The van der Waals surface area contributed by atoms with Crippen LogP contribution in [0.1, 0.15) is 18.4 Å². The smallest absolute Gasteiger partial charge is 0.129 e. The molecule has 2 N–H and O–H groups in total. The first-order valence-electron chi connectivity index (χ1n) is 7.17. The van der Waals surface area contributed by atoms with Crippen LogP contribution in [0.4, 0.5) is 5.82 Å². The summed E-state index contributed by atoms with van der Waals surface area (Å²) in [6.07, 6.45) is 2.04. The molecule has 1 saturated heterocycles. The van der Waals surface area contributed by atoms with E-state index in [0.717, 1.165) is 48.3 Å². The number of pyridine rings is 1. The lowest BCUT2D eigenvalue weighted by atomic mass is 10.1. The summed E-state index contributed by atoms with van der Waals surface area (Å²) in [7, 11) is 2.08. The van der Waals surface area contributed by atoms with Crippen LogP contribution in [0, 0.1) is 0 Å². The second-order valence-corrected chi connectivity index (χ2v) is 5.80. The second kappa shape index (κ2) is 5.95. The Kier molecular flexibility index (Phi) is 4.03. The minimum atomic E-state index is 0.412. The summed E-state index contributed by atoms with van der Waals surface area (Å²) in [6.45, 7) is 1.62. The van der Waals surface area contributed by atoms with Crippen molar-refractivity contribution in [1.82, 2.24) is 4.98 Å². The Morgan fingerprint density at radius 1 is 1.33 bits per heavy atom. The first kappa shape index (κ1) is 14.2. The fourth-order valence-corrected chi connectivity index (χ4v) is 2.97. The molecule has 0 atom stereocenters. The average molecular weight is 301 g/mol. The van der Waals surface area contributed by atoms with Gasteiger partial charge in [0.05, 0.1) is 5.52 Å². The quantitative estimate of drug-likeness (QED) is 0.883. The number of thiocarbonyl (C=S) groups is 1. The van der Waals surface area contributed by atoms with E-state index < -0.39 is 0 Å². The van der Waals surface area contributed by atoms with Crippen molar-refractivity contribution in [3.05, 3.63) is 35.9 Å². The summed E-state index contributed by atoms with van der Waals surface area (Å²) in [5, 5.41) is 1.01. The number of benzene rings is 1. The number of nitrogens with two attached hydrogens (primary N) is 1. The molecular weight excluding hydrogens is 282 g/mol. The van der Waals surface area contributed by atoms with E-state index in [1.54, 1.807) is 0 Å². The second-order valence-electron chi connectivity index (χ2n) is 5.36. The Morgan fingerprint density at radius 3 is 2.76 bits per heavy atom. The van der Waals surface area contributed by atoms with Crippen LogP contribution in [0.15, 0.2) is 30.3 Å². The van der Waals surface area contributed by atoms with Crippen molar-refractivity contribution in [1.29, 1.82) is 0 Å². The number of ether oxygens (including phenoxy) is 1. The highest BCUT2D eigenvalue weighted by atomic mass is 32.1. The molecule has 5 heteroatoms. The summed E-state index contributed by atoms with van der Waals surface area (Å²) in [5.74, 6) is 0.920. The fraction of sp³-hybridized carbons (Fsp3) is 0.375. The van der Waals surface area contributed by atoms with E-state index in [1.807, 2.05) is 30.3 Å². The maximum Gasteiger partial charge on any atom is 0.129 e. The Hall–Kier alpha value is -1.72. The molecule has 110 valence electrons. The van der Waals surface area contributed by atoms with E-state index in [9.17, 15) is 0 Å². The standard InChI is InChI=1S/C16H19N3OS/c1-19(11-6-8-20-9-7-11)15-10-13(16(17)21)12-4-2-3-5-14(12)18-15/h2-5,10-11H,6-9H2,1H3,(H2,17,21). The van der Waals surface area contributed by atoms with E-state index in [4.69, 9.17) is 27.7 Å². The molecule has 0 amide bonds. The van der Waals surface area contributed by atoms with Gasteiger partial charge in [-0.05, 0) is 25.0 Å². The Bertz CT molecular complexity index is 668.